The van der Waals surface area contributed by atoms with Crippen molar-refractivity contribution >= 4 is 43.1 Å². The maximum Gasteiger partial charge on any atom is -0.000763 e. The van der Waals surface area contributed by atoms with Gasteiger partial charge in [-0.15, -0.1) is 0 Å². The first kappa shape index (κ1) is 24.8. The quantitative estimate of drug-likeness (QED) is 0.149. The Morgan fingerprint density at radius 3 is 1.36 bits per heavy atom. The van der Waals surface area contributed by atoms with E-state index in [1.54, 1.807) is 0 Å². The number of hydrogen-bond donors (Lipinski definition) is 0. The highest BCUT2D eigenvalue weighted by atomic mass is 14.3. The van der Waals surface area contributed by atoms with Gasteiger partial charge in [0.25, 0.3) is 0 Å². The third kappa shape index (κ3) is 3.71. The van der Waals surface area contributed by atoms with Gasteiger partial charge in [0.05, 0.1) is 0 Å². The summed E-state index contributed by atoms with van der Waals surface area (Å²) >= 11 is 0. The highest BCUT2D eigenvalue weighted by Gasteiger charge is 2.23. The molecule has 0 aromatic heterocycles. The number of hydrogen-bond acceptors (Lipinski definition) is 0. The molecule has 44 heavy (non-hydrogen) atoms. The molecule has 0 saturated heterocycles. The molecule has 0 aliphatic heterocycles. The van der Waals surface area contributed by atoms with Crippen molar-refractivity contribution in [3.8, 4) is 44.5 Å². The second-order valence-electron chi connectivity index (χ2n) is 11.6. The zero-order chi connectivity index (χ0) is 29.0. The second kappa shape index (κ2) is 9.93. The lowest BCUT2D eigenvalue weighted by molar-refractivity contribution is 1.58. The van der Waals surface area contributed by atoms with Gasteiger partial charge in [-0.1, -0.05) is 164 Å². The molecule has 9 rings (SSSR count). The lowest BCUT2D eigenvalue weighted by Crippen LogP contribution is -1.96. The molecule has 0 amide bonds. The van der Waals surface area contributed by atoms with Crippen LogP contribution in [0.25, 0.3) is 87.6 Å². The maximum absolute atomic E-state index is 2.44. The minimum atomic E-state index is 1.22. The molecule has 0 aliphatic rings. The van der Waals surface area contributed by atoms with Gasteiger partial charge in [-0.25, -0.2) is 0 Å². The lowest BCUT2D eigenvalue weighted by atomic mass is 9.79. The van der Waals surface area contributed by atoms with Crippen molar-refractivity contribution in [1.29, 1.82) is 0 Å². The fraction of sp³-hybridized carbons (Fsp3) is 0. The molecule has 0 fully saturated rings. The molecule has 0 nitrogen and oxygen atoms in total. The summed E-state index contributed by atoms with van der Waals surface area (Å²) < 4.78 is 0. The van der Waals surface area contributed by atoms with Crippen LogP contribution in [0.3, 0.4) is 0 Å². The molecule has 0 unspecified atom stereocenters. The molecule has 0 heteroatoms. The van der Waals surface area contributed by atoms with Gasteiger partial charge < -0.3 is 0 Å². The van der Waals surface area contributed by atoms with Crippen LogP contribution >= 0.6 is 0 Å². The Labute approximate surface area is 256 Å². The summed E-state index contributed by atoms with van der Waals surface area (Å²) in [6, 6.07) is 62.2. The highest BCUT2D eigenvalue weighted by Crippen LogP contribution is 2.51. The Hall–Kier alpha value is -5.72. The van der Waals surface area contributed by atoms with Crippen LogP contribution in [0.2, 0.25) is 0 Å². The van der Waals surface area contributed by atoms with Crippen LogP contribution in [0.15, 0.2) is 170 Å². The SMILES string of the molecule is c1ccc(-c2ccccc2-c2cc3cccc4c5cccc6cccc(c(c2-c2ccccc2-c2ccccc2)c34)c65)cc1. The van der Waals surface area contributed by atoms with Gasteiger partial charge in [0.2, 0.25) is 0 Å². The average molecular weight is 557 g/mol. The first-order chi connectivity index (χ1) is 21.9. The van der Waals surface area contributed by atoms with E-state index in [4.69, 9.17) is 0 Å². The summed E-state index contributed by atoms with van der Waals surface area (Å²) in [6.45, 7) is 0. The molecular weight excluding hydrogens is 528 g/mol. The van der Waals surface area contributed by atoms with E-state index in [1.807, 2.05) is 0 Å². The second-order valence-corrected chi connectivity index (χ2v) is 11.6. The molecular formula is C44H28. The Kier molecular flexibility index (Phi) is 5.61. The minimum absolute atomic E-state index is 1.22. The van der Waals surface area contributed by atoms with Gasteiger partial charge >= 0.3 is 0 Å². The molecule has 0 bridgehead atoms. The van der Waals surface area contributed by atoms with Crippen molar-refractivity contribution in [3.63, 3.8) is 0 Å². The van der Waals surface area contributed by atoms with Crippen LogP contribution in [-0.2, 0) is 0 Å². The van der Waals surface area contributed by atoms with E-state index in [0.717, 1.165) is 0 Å². The largest absolute Gasteiger partial charge is 0.0622 e. The smallest absolute Gasteiger partial charge is 0.000763 e. The van der Waals surface area contributed by atoms with Crippen LogP contribution < -0.4 is 0 Å². The zero-order valence-corrected chi connectivity index (χ0v) is 24.2. The number of rotatable bonds is 4. The highest BCUT2D eigenvalue weighted by molar-refractivity contribution is 6.37. The fourth-order valence-corrected chi connectivity index (χ4v) is 7.37. The molecule has 0 N–H and O–H groups in total. The fourth-order valence-electron chi connectivity index (χ4n) is 7.37. The van der Waals surface area contributed by atoms with Crippen molar-refractivity contribution in [2.75, 3.05) is 0 Å². The molecule has 0 aliphatic carbocycles. The first-order valence-electron chi connectivity index (χ1n) is 15.3. The molecule has 0 radical (unpaired) electrons. The van der Waals surface area contributed by atoms with E-state index in [1.165, 1.54) is 87.6 Å². The summed E-state index contributed by atoms with van der Waals surface area (Å²) in [6.07, 6.45) is 0. The van der Waals surface area contributed by atoms with Crippen LogP contribution in [0.5, 0.6) is 0 Å². The van der Waals surface area contributed by atoms with E-state index in [0.29, 0.717) is 0 Å². The van der Waals surface area contributed by atoms with Gasteiger partial charge in [-0.3, -0.25) is 0 Å². The monoisotopic (exact) mass is 556 g/mol. The van der Waals surface area contributed by atoms with E-state index >= 15 is 0 Å². The van der Waals surface area contributed by atoms with Gasteiger partial charge in [-0.2, -0.15) is 0 Å². The summed E-state index contributed by atoms with van der Waals surface area (Å²) in [5.74, 6) is 0. The topological polar surface area (TPSA) is 0 Å². The molecule has 9 aromatic carbocycles. The van der Waals surface area contributed by atoms with Crippen molar-refractivity contribution in [2.24, 2.45) is 0 Å². The Morgan fingerprint density at radius 2 is 0.727 bits per heavy atom. The van der Waals surface area contributed by atoms with E-state index < -0.39 is 0 Å². The number of benzene rings is 9. The van der Waals surface area contributed by atoms with Crippen molar-refractivity contribution in [1.82, 2.24) is 0 Å². The third-order valence-corrected chi connectivity index (χ3v) is 9.21. The lowest BCUT2D eigenvalue weighted by Gasteiger charge is -2.23. The van der Waals surface area contributed by atoms with Crippen LogP contribution in [-0.4, -0.2) is 0 Å². The normalized spacial score (nSPS) is 11.6. The van der Waals surface area contributed by atoms with Gasteiger partial charge in [0.15, 0.2) is 0 Å². The zero-order valence-electron chi connectivity index (χ0n) is 24.2. The molecule has 204 valence electrons. The van der Waals surface area contributed by atoms with Gasteiger partial charge in [0.1, 0.15) is 0 Å². The third-order valence-electron chi connectivity index (χ3n) is 9.21. The van der Waals surface area contributed by atoms with Crippen LogP contribution in [0, 0.1) is 0 Å². The van der Waals surface area contributed by atoms with Crippen LogP contribution in [0.1, 0.15) is 0 Å². The first-order valence-corrected chi connectivity index (χ1v) is 15.3. The molecule has 0 spiro atoms. The molecule has 9 aromatic rings. The average Bonchev–Trinajstić information content (AvgIpc) is 3.11. The Morgan fingerprint density at radius 1 is 0.250 bits per heavy atom. The summed E-state index contributed by atoms with van der Waals surface area (Å²) in [5, 5.41) is 10.5. The van der Waals surface area contributed by atoms with Crippen LogP contribution in [0.4, 0.5) is 0 Å². The summed E-state index contributed by atoms with van der Waals surface area (Å²) in [4.78, 5) is 0. The Bertz CT molecular complexity index is 2460. The molecule has 0 atom stereocenters. The predicted octanol–water partition coefficient (Wildman–Crippen LogP) is 12.4. The predicted molar refractivity (Wildman–Crippen MR) is 189 cm³/mol. The Balaban J connectivity index is 1.54. The summed E-state index contributed by atoms with van der Waals surface area (Å²) in [5.41, 5.74) is 9.96. The van der Waals surface area contributed by atoms with Gasteiger partial charge in [-0.05, 0) is 93.7 Å². The maximum atomic E-state index is 2.44. The molecule has 0 saturated carbocycles. The number of fused-ring (bicyclic) bond motifs is 2. The summed E-state index contributed by atoms with van der Waals surface area (Å²) in [7, 11) is 0. The van der Waals surface area contributed by atoms with Crippen molar-refractivity contribution in [2.45, 2.75) is 0 Å². The van der Waals surface area contributed by atoms with E-state index in [9.17, 15) is 0 Å². The minimum Gasteiger partial charge on any atom is -0.0622 e. The van der Waals surface area contributed by atoms with E-state index in [2.05, 4.69) is 170 Å². The standard InChI is InChI=1S/C44H28/c1-3-14-29(15-4-1)33-21-7-9-23-35(33)40-28-32-20-13-26-38-37-25-11-18-31-19-12-27-39(41(31)37)44(42(32)38)43(40)36-24-10-8-22-34(36)30-16-5-2-6-17-30/h1-28H. The molecule has 0 heterocycles. The van der Waals surface area contributed by atoms with E-state index in [-0.39, 0.29) is 0 Å². The van der Waals surface area contributed by atoms with Crippen molar-refractivity contribution < 1.29 is 0 Å². The van der Waals surface area contributed by atoms with Gasteiger partial charge in [0, 0.05) is 0 Å². The van der Waals surface area contributed by atoms with Crippen molar-refractivity contribution in [3.05, 3.63) is 170 Å².